The molecule has 1 aromatic rings. The molecule has 0 saturated heterocycles. The van der Waals surface area contributed by atoms with Gasteiger partial charge in [0.05, 0.1) is 11.1 Å². The molecule has 1 N–H and O–H groups in total. The maximum atomic E-state index is 12.5. The Bertz CT molecular complexity index is 423. The highest BCUT2D eigenvalue weighted by Gasteiger charge is 2.40. The van der Waals surface area contributed by atoms with E-state index in [4.69, 9.17) is 5.11 Å². The summed E-state index contributed by atoms with van der Waals surface area (Å²) < 4.78 is 74.4. The van der Waals surface area contributed by atoms with Crippen molar-refractivity contribution in [3.63, 3.8) is 0 Å². The normalized spacial score (nSPS) is 12.9. The summed E-state index contributed by atoms with van der Waals surface area (Å²) in [5.41, 5.74) is -3.10. The third-order valence-electron chi connectivity index (χ3n) is 1.93. The molecule has 0 spiro atoms. The smallest absolute Gasteiger partial charge is 0.419 e. The van der Waals surface area contributed by atoms with Crippen LogP contribution in [0.4, 0.5) is 26.3 Å². The molecule has 0 amide bonds. The predicted octanol–water partition coefficient (Wildman–Crippen LogP) is 4.15. The summed E-state index contributed by atoms with van der Waals surface area (Å²) in [6.45, 7) is 0. The van der Waals surface area contributed by atoms with E-state index in [9.17, 15) is 26.3 Å². The molecule has 0 bridgehead atoms. The van der Waals surface area contributed by atoms with Gasteiger partial charge in [0.2, 0.25) is 0 Å². The van der Waals surface area contributed by atoms with Gasteiger partial charge < -0.3 is 5.11 Å². The largest absolute Gasteiger partial charge is 0.507 e. The quantitative estimate of drug-likeness (QED) is 0.614. The number of alkyl halides is 6. The molecular weight excluding hydrogens is 270 g/mol. The van der Waals surface area contributed by atoms with Crippen LogP contribution >= 0.6 is 11.8 Å². The van der Waals surface area contributed by atoms with Crippen molar-refractivity contribution >= 4 is 11.8 Å². The molecule has 1 nitrogen and oxygen atoms in total. The molecule has 0 aromatic heterocycles. The van der Waals surface area contributed by atoms with Crippen LogP contribution in [0.5, 0.6) is 5.75 Å². The molecule has 0 saturated carbocycles. The third-order valence-corrected chi connectivity index (χ3v) is 2.71. The molecule has 0 aliphatic rings. The summed E-state index contributed by atoms with van der Waals surface area (Å²) in [5, 5.41) is 9.05. The van der Waals surface area contributed by atoms with Gasteiger partial charge in [0, 0.05) is 4.90 Å². The SMILES string of the molecule is CSc1cc(O)c(C(F)(F)F)cc1C(F)(F)F. The maximum absolute atomic E-state index is 12.5. The van der Waals surface area contributed by atoms with Crippen LogP contribution in [-0.2, 0) is 12.4 Å². The average molecular weight is 276 g/mol. The van der Waals surface area contributed by atoms with E-state index >= 15 is 0 Å². The summed E-state index contributed by atoms with van der Waals surface area (Å²) in [6, 6.07) is 0.386. The van der Waals surface area contributed by atoms with Gasteiger partial charge in [-0.15, -0.1) is 11.8 Å². The minimum absolute atomic E-state index is 0.0822. The first kappa shape index (κ1) is 14.0. The van der Waals surface area contributed by atoms with Gasteiger partial charge in [-0.25, -0.2) is 0 Å². The van der Waals surface area contributed by atoms with E-state index in [2.05, 4.69) is 0 Å². The molecule has 1 rings (SSSR count). The Morgan fingerprint density at radius 3 is 1.76 bits per heavy atom. The van der Waals surface area contributed by atoms with Gasteiger partial charge in [-0.1, -0.05) is 0 Å². The number of phenolic OH excluding ortho intramolecular Hbond substituents is 1. The number of benzene rings is 1. The number of hydrogen-bond acceptors (Lipinski definition) is 2. The summed E-state index contributed by atoms with van der Waals surface area (Å²) >= 11 is 0.608. The fourth-order valence-corrected chi connectivity index (χ4v) is 1.81. The van der Waals surface area contributed by atoms with Gasteiger partial charge in [0.25, 0.3) is 0 Å². The van der Waals surface area contributed by atoms with Crippen molar-refractivity contribution < 1.29 is 31.4 Å². The van der Waals surface area contributed by atoms with Crippen LogP contribution in [0.1, 0.15) is 11.1 Å². The predicted molar refractivity (Wildman–Crippen MR) is 49.9 cm³/mol. The van der Waals surface area contributed by atoms with Crippen molar-refractivity contribution in [1.29, 1.82) is 0 Å². The Hall–Kier alpha value is -1.05. The van der Waals surface area contributed by atoms with Crippen LogP contribution in [0.2, 0.25) is 0 Å². The van der Waals surface area contributed by atoms with Crippen molar-refractivity contribution in [2.75, 3.05) is 6.26 Å². The highest BCUT2D eigenvalue weighted by Crippen LogP contribution is 2.43. The lowest BCUT2D eigenvalue weighted by Gasteiger charge is -2.16. The average Bonchev–Trinajstić information content (AvgIpc) is 2.13. The van der Waals surface area contributed by atoms with Gasteiger partial charge in [-0.05, 0) is 18.4 Å². The second kappa shape index (κ2) is 4.32. The number of halogens is 6. The first-order chi connectivity index (χ1) is 7.57. The van der Waals surface area contributed by atoms with E-state index in [0.717, 1.165) is 0 Å². The van der Waals surface area contributed by atoms with Gasteiger partial charge >= 0.3 is 12.4 Å². The molecule has 0 radical (unpaired) electrons. The Morgan fingerprint density at radius 2 is 1.41 bits per heavy atom. The molecule has 0 fully saturated rings. The van der Waals surface area contributed by atoms with Crippen LogP contribution in [0.25, 0.3) is 0 Å². The summed E-state index contributed by atoms with van der Waals surface area (Å²) in [7, 11) is 0. The fourth-order valence-electron chi connectivity index (χ4n) is 1.19. The van der Waals surface area contributed by atoms with Crippen LogP contribution in [0, 0.1) is 0 Å². The minimum Gasteiger partial charge on any atom is -0.507 e. The molecule has 0 heterocycles. The second-order valence-electron chi connectivity index (χ2n) is 3.07. The topological polar surface area (TPSA) is 20.2 Å². The number of phenols is 1. The first-order valence-electron chi connectivity index (χ1n) is 4.12. The maximum Gasteiger partial charge on any atom is 0.419 e. The van der Waals surface area contributed by atoms with Crippen LogP contribution < -0.4 is 0 Å². The number of rotatable bonds is 1. The van der Waals surface area contributed by atoms with Gasteiger partial charge in [0.1, 0.15) is 5.75 Å². The fraction of sp³-hybridized carbons (Fsp3) is 0.333. The third kappa shape index (κ3) is 2.99. The Balaban J connectivity index is 3.49. The number of hydrogen-bond donors (Lipinski definition) is 1. The monoisotopic (exact) mass is 276 g/mol. The van der Waals surface area contributed by atoms with Crippen molar-refractivity contribution in [3.8, 4) is 5.75 Å². The lowest BCUT2D eigenvalue weighted by atomic mass is 10.1. The molecule has 0 aliphatic carbocycles. The summed E-state index contributed by atoms with van der Waals surface area (Å²) in [4.78, 5) is -0.456. The minimum atomic E-state index is -5.03. The molecule has 0 unspecified atom stereocenters. The molecule has 8 heteroatoms. The Kier molecular flexibility index (Phi) is 3.56. The van der Waals surface area contributed by atoms with E-state index in [0.29, 0.717) is 17.8 Å². The highest BCUT2D eigenvalue weighted by molar-refractivity contribution is 7.98. The zero-order valence-electron chi connectivity index (χ0n) is 8.28. The van der Waals surface area contributed by atoms with E-state index in [1.54, 1.807) is 0 Å². The molecule has 0 atom stereocenters. The molecule has 17 heavy (non-hydrogen) atoms. The lowest BCUT2D eigenvalue weighted by molar-refractivity contribution is -0.145. The van der Waals surface area contributed by atoms with E-state index in [1.807, 2.05) is 0 Å². The Morgan fingerprint density at radius 1 is 0.941 bits per heavy atom. The van der Waals surface area contributed by atoms with Gasteiger partial charge in [-0.3, -0.25) is 0 Å². The number of aromatic hydroxyl groups is 1. The summed E-state index contributed by atoms with van der Waals surface area (Å²) in [6.07, 6.45) is -8.65. The van der Waals surface area contributed by atoms with Crippen LogP contribution in [0.15, 0.2) is 17.0 Å². The van der Waals surface area contributed by atoms with E-state index in [-0.39, 0.29) is 6.07 Å². The van der Waals surface area contributed by atoms with E-state index in [1.165, 1.54) is 6.26 Å². The molecule has 0 aliphatic heterocycles. The zero-order chi connectivity index (χ0) is 13.4. The number of thioether (sulfide) groups is 1. The van der Waals surface area contributed by atoms with E-state index < -0.39 is 34.1 Å². The molecular formula is C9H6F6OS. The van der Waals surface area contributed by atoms with Crippen molar-refractivity contribution in [2.45, 2.75) is 17.2 Å². The second-order valence-corrected chi connectivity index (χ2v) is 3.91. The highest BCUT2D eigenvalue weighted by atomic mass is 32.2. The van der Waals surface area contributed by atoms with Gasteiger partial charge in [-0.2, -0.15) is 26.3 Å². The standard InChI is InChI=1S/C9H6F6OS/c1-17-7-3-6(16)4(8(10,11)12)2-5(7)9(13,14)15/h2-3,16H,1H3. The first-order valence-corrected chi connectivity index (χ1v) is 5.35. The molecule has 96 valence electrons. The Labute approximate surface area is 96.4 Å². The summed E-state index contributed by atoms with van der Waals surface area (Å²) in [5.74, 6) is -1.21. The van der Waals surface area contributed by atoms with Crippen molar-refractivity contribution in [2.24, 2.45) is 0 Å². The molecule has 1 aromatic carbocycles. The van der Waals surface area contributed by atoms with Crippen molar-refractivity contribution in [1.82, 2.24) is 0 Å². The van der Waals surface area contributed by atoms with Gasteiger partial charge in [0.15, 0.2) is 0 Å². The van der Waals surface area contributed by atoms with Crippen molar-refractivity contribution in [3.05, 3.63) is 23.3 Å². The zero-order valence-corrected chi connectivity index (χ0v) is 9.09. The lowest BCUT2D eigenvalue weighted by Crippen LogP contribution is -2.12. The van der Waals surface area contributed by atoms with Crippen LogP contribution in [0.3, 0.4) is 0 Å². The van der Waals surface area contributed by atoms with Crippen LogP contribution in [-0.4, -0.2) is 11.4 Å².